The van der Waals surface area contributed by atoms with Crippen molar-refractivity contribution in [3.8, 4) is 0 Å². The Labute approximate surface area is 73.8 Å². The number of nitrogens with zero attached hydrogens (tertiary/aromatic N) is 3. The van der Waals surface area contributed by atoms with E-state index in [4.69, 9.17) is 4.74 Å². The van der Waals surface area contributed by atoms with Gasteiger partial charge in [-0.25, -0.2) is 0 Å². The van der Waals surface area contributed by atoms with Crippen molar-refractivity contribution in [3.05, 3.63) is 0 Å². The van der Waals surface area contributed by atoms with Crippen LogP contribution in [-0.4, -0.2) is 63.2 Å². The summed E-state index contributed by atoms with van der Waals surface area (Å²) in [6.45, 7) is 3.52. The molecule has 0 aromatic rings. The molecule has 0 atom stereocenters. The standard InChI is InChI=1S/C8H17N3O/c1-9-8(10(2)3)11-4-6-12-7-5-11/h4-7H2,1-3H3. The number of ether oxygens (including phenoxy) is 1. The molecular formula is C8H17N3O. The first-order valence-electron chi connectivity index (χ1n) is 4.22. The lowest BCUT2D eigenvalue weighted by Gasteiger charge is -2.32. The second-order valence-electron chi connectivity index (χ2n) is 3.02. The van der Waals surface area contributed by atoms with Crippen LogP contribution < -0.4 is 0 Å². The van der Waals surface area contributed by atoms with Crippen LogP contribution in [0.2, 0.25) is 0 Å². The van der Waals surface area contributed by atoms with Gasteiger partial charge in [-0.3, -0.25) is 4.99 Å². The minimum Gasteiger partial charge on any atom is -0.378 e. The van der Waals surface area contributed by atoms with Gasteiger partial charge in [-0.2, -0.15) is 0 Å². The average molecular weight is 171 g/mol. The monoisotopic (exact) mass is 171 g/mol. The first kappa shape index (κ1) is 9.32. The van der Waals surface area contributed by atoms with E-state index in [1.54, 1.807) is 0 Å². The molecule has 0 aromatic carbocycles. The van der Waals surface area contributed by atoms with Gasteiger partial charge < -0.3 is 14.5 Å². The second-order valence-corrected chi connectivity index (χ2v) is 3.02. The maximum absolute atomic E-state index is 5.26. The smallest absolute Gasteiger partial charge is 0.195 e. The Bertz CT molecular complexity index is 162. The molecule has 70 valence electrons. The molecule has 0 saturated carbocycles. The van der Waals surface area contributed by atoms with Crippen LogP contribution in [0.25, 0.3) is 0 Å². The molecule has 1 rings (SSSR count). The van der Waals surface area contributed by atoms with E-state index in [2.05, 4.69) is 9.89 Å². The third-order valence-electron chi connectivity index (χ3n) is 1.89. The summed E-state index contributed by atoms with van der Waals surface area (Å²) in [4.78, 5) is 8.50. The Hall–Kier alpha value is -0.770. The van der Waals surface area contributed by atoms with Crippen LogP contribution in [0.5, 0.6) is 0 Å². The van der Waals surface area contributed by atoms with Crippen LogP contribution in [0.15, 0.2) is 4.99 Å². The first-order chi connectivity index (χ1) is 5.75. The fraction of sp³-hybridized carbons (Fsp3) is 0.875. The van der Waals surface area contributed by atoms with Crippen LogP contribution in [-0.2, 0) is 4.74 Å². The molecule has 4 nitrogen and oxygen atoms in total. The highest BCUT2D eigenvalue weighted by molar-refractivity contribution is 5.79. The molecule has 0 spiro atoms. The van der Waals surface area contributed by atoms with E-state index in [9.17, 15) is 0 Å². The molecule has 12 heavy (non-hydrogen) atoms. The minimum atomic E-state index is 0.812. The molecule has 1 fully saturated rings. The van der Waals surface area contributed by atoms with Gasteiger partial charge in [-0.15, -0.1) is 0 Å². The molecule has 0 radical (unpaired) electrons. The van der Waals surface area contributed by atoms with Crippen molar-refractivity contribution >= 4 is 5.96 Å². The molecule has 1 aliphatic heterocycles. The third-order valence-corrected chi connectivity index (χ3v) is 1.89. The second kappa shape index (κ2) is 4.30. The van der Waals surface area contributed by atoms with Crippen molar-refractivity contribution in [3.63, 3.8) is 0 Å². The van der Waals surface area contributed by atoms with Crippen molar-refractivity contribution in [2.75, 3.05) is 47.4 Å². The quantitative estimate of drug-likeness (QED) is 0.375. The Kier molecular flexibility index (Phi) is 3.34. The molecule has 1 aliphatic rings. The Morgan fingerprint density at radius 3 is 2.33 bits per heavy atom. The SMILES string of the molecule is CN=C(N(C)C)N1CCOCC1. The van der Waals surface area contributed by atoms with Gasteiger partial charge in [0.1, 0.15) is 0 Å². The molecule has 1 saturated heterocycles. The van der Waals surface area contributed by atoms with E-state index < -0.39 is 0 Å². The fourth-order valence-corrected chi connectivity index (χ4v) is 1.39. The van der Waals surface area contributed by atoms with E-state index in [0.29, 0.717) is 0 Å². The number of morpholine rings is 1. The lowest BCUT2D eigenvalue weighted by Crippen LogP contribution is -2.46. The Morgan fingerprint density at radius 1 is 1.33 bits per heavy atom. The summed E-state index contributed by atoms with van der Waals surface area (Å²) >= 11 is 0. The predicted octanol–water partition coefficient (Wildman–Crippen LogP) is -0.134. The maximum Gasteiger partial charge on any atom is 0.195 e. The molecule has 0 N–H and O–H groups in total. The van der Waals surface area contributed by atoms with Crippen LogP contribution in [0.1, 0.15) is 0 Å². The molecule has 0 aromatic heterocycles. The van der Waals surface area contributed by atoms with Gasteiger partial charge in [0.25, 0.3) is 0 Å². The van der Waals surface area contributed by atoms with Gasteiger partial charge in [0.05, 0.1) is 13.2 Å². The van der Waals surface area contributed by atoms with Crippen LogP contribution in [0, 0.1) is 0 Å². The van der Waals surface area contributed by atoms with E-state index in [1.807, 2.05) is 26.0 Å². The lowest BCUT2D eigenvalue weighted by atomic mass is 10.4. The highest BCUT2D eigenvalue weighted by atomic mass is 16.5. The average Bonchev–Trinajstić information content (AvgIpc) is 2.07. The predicted molar refractivity (Wildman–Crippen MR) is 49.4 cm³/mol. The highest BCUT2D eigenvalue weighted by Gasteiger charge is 2.15. The summed E-state index contributed by atoms with van der Waals surface area (Å²) in [5.41, 5.74) is 0. The van der Waals surface area contributed by atoms with E-state index in [-0.39, 0.29) is 0 Å². The fourth-order valence-electron chi connectivity index (χ4n) is 1.39. The zero-order valence-electron chi connectivity index (χ0n) is 8.08. The summed E-state index contributed by atoms with van der Waals surface area (Å²) in [6.07, 6.45) is 0. The first-order valence-corrected chi connectivity index (χ1v) is 4.22. The Balaban J connectivity index is 2.53. The van der Waals surface area contributed by atoms with Crippen molar-refractivity contribution in [1.29, 1.82) is 0 Å². The summed E-state index contributed by atoms with van der Waals surface area (Å²) in [5, 5.41) is 0. The molecule has 0 bridgehead atoms. The third kappa shape index (κ3) is 2.11. The highest BCUT2D eigenvalue weighted by Crippen LogP contribution is 2.00. The van der Waals surface area contributed by atoms with Crippen molar-refractivity contribution in [2.45, 2.75) is 0 Å². The molecule has 4 heteroatoms. The van der Waals surface area contributed by atoms with Crippen LogP contribution in [0.4, 0.5) is 0 Å². The zero-order valence-corrected chi connectivity index (χ0v) is 8.08. The van der Waals surface area contributed by atoms with E-state index in [0.717, 1.165) is 32.3 Å². The van der Waals surface area contributed by atoms with Crippen molar-refractivity contribution in [2.24, 2.45) is 4.99 Å². The van der Waals surface area contributed by atoms with Crippen LogP contribution >= 0.6 is 0 Å². The van der Waals surface area contributed by atoms with E-state index >= 15 is 0 Å². The Morgan fingerprint density at radius 2 is 1.92 bits per heavy atom. The van der Waals surface area contributed by atoms with E-state index in [1.165, 1.54) is 0 Å². The largest absolute Gasteiger partial charge is 0.378 e. The van der Waals surface area contributed by atoms with Gasteiger partial charge in [-0.1, -0.05) is 0 Å². The summed E-state index contributed by atoms with van der Waals surface area (Å²) in [7, 11) is 5.85. The molecule has 0 aliphatic carbocycles. The maximum atomic E-state index is 5.26. The molecular weight excluding hydrogens is 154 g/mol. The number of rotatable bonds is 0. The number of guanidine groups is 1. The van der Waals surface area contributed by atoms with Gasteiger partial charge >= 0.3 is 0 Å². The van der Waals surface area contributed by atoms with Crippen molar-refractivity contribution < 1.29 is 4.74 Å². The van der Waals surface area contributed by atoms with Gasteiger partial charge in [0, 0.05) is 34.2 Å². The zero-order chi connectivity index (χ0) is 8.97. The topological polar surface area (TPSA) is 28.1 Å². The number of aliphatic imine (C=N–C) groups is 1. The van der Waals surface area contributed by atoms with Crippen molar-refractivity contribution in [1.82, 2.24) is 9.80 Å². The van der Waals surface area contributed by atoms with Gasteiger partial charge in [0.2, 0.25) is 0 Å². The molecule has 0 unspecified atom stereocenters. The number of hydrogen-bond donors (Lipinski definition) is 0. The van der Waals surface area contributed by atoms with Gasteiger partial charge in [-0.05, 0) is 0 Å². The minimum absolute atomic E-state index is 0.812. The normalized spacial score (nSPS) is 19.6. The summed E-state index contributed by atoms with van der Waals surface area (Å²) in [5.74, 6) is 1.04. The summed E-state index contributed by atoms with van der Waals surface area (Å²) < 4.78 is 5.26. The van der Waals surface area contributed by atoms with Gasteiger partial charge in [0.15, 0.2) is 5.96 Å². The van der Waals surface area contributed by atoms with Crippen LogP contribution in [0.3, 0.4) is 0 Å². The lowest BCUT2D eigenvalue weighted by molar-refractivity contribution is 0.0637. The summed E-state index contributed by atoms with van der Waals surface area (Å²) in [6, 6.07) is 0. The molecule has 0 amide bonds. The molecule has 1 heterocycles. The number of hydrogen-bond acceptors (Lipinski definition) is 2.